The summed E-state index contributed by atoms with van der Waals surface area (Å²) in [6, 6.07) is 5.19. The van der Waals surface area contributed by atoms with Crippen molar-refractivity contribution in [3.05, 3.63) is 28.2 Å². The highest BCUT2D eigenvalue weighted by Gasteiger charge is 2.55. The molecule has 0 aromatic heterocycles. The number of carbonyl (C=O) groups excluding carboxylic acids is 3. The van der Waals surface area contributed by atoms with Gasteiger partial charge in [0.2, 0.25) is 5.91 Å². The zero-order valence-electron chi connectivity index (χ0n) is 14.5. The zero-order valence-corrected chi connectivity index (χ0v) is 16.1. The average molecular weight is 408 g/mol. The Morgan fingerprint density at radius 3 is 2.56 bits per heavy atom. The highest BCUT2D eigenvalue weighted by Crippen LogP contribution is 2.39. The van der Waals surface area contributed by atoms with E-state index < -0.39 is 5.54 Å². The minimum atomic E-state index is -0.750. The molecule has 1 aromatic rings. The summed E-state index contributed by atoms with van der Waals surface area (Å²) in [5, 5.41) is 2.76. The number of rotatable bonds is 3. The quantitative estimate of drug-likeness (QED) is 0.781. The Morgan fingerprint density at radius 1 is 1.24 bits per heavy atom. The van der Waals surface area contributed by atoms with E-state index in [0.717, 1.165) is 34.2 Å². The molecule has 1 saturated heterocycles. The summed E-state index contributed by atoms with van der Waals surface area (Å²) in [6.45, 7) is 1.70. The predicted molar refractivity (Wildman–Crippen MR) is 98.2 cm³/mol. The molecule has 1 spiro atoms. The van der Waals surface area contributed by atoms with Crippen LogP contribution in [0.25, 0.3) is 0 Å². The maximum Gasteiger partial charge on any atom is 0.327 e. The van der Waals surface area contributed by atoms with E-state index >= 15 is 0 Å². The molecule has 6 nitrogen and oxygen atoms in total. The Labute approximate surface area is 155 Å². The number of hydrogen-bond acceptors (Lipinski definition) is 3. The molecule has 2 aliphatic rings. The average Bonchev–Trinajstić information content (AvgIpc) is 2.75. The van der Waals surface area contributed by atoms with E-state index in [1.54, 1.807) is 13.1 Å². The molecule has 1 N–H and O–H groups in total. The van der Waals surface area contributed by atoms with E-state index in [1.807, 2.05) is 19.1 Å². The number of nitrogens with zero attached hydrogens (tertiary/aromatic N) is 2. The van der Waals surface area contributed by atoms with Crippen molar-refractivity contribution in [2.45, 2.75) is 44.6 Å². The number of imide groups is 1. The molecule has 1 aliphatic heterocycles. The van der Waals surface area contributed by atoms with Crippen molar-refractivity contribution in [2.75, 3.05) is 18.9 Å². The standard InChI is InChI=1S/C18H22BrN3O3/c1-12-6-7-14(13(19)10-12)20-15(23)11-22-16(24)18(21(2)17(22)25)8-4-3-5-9-18/h6-7,10H,3-5,8-9,11H2,1-2H3,(H,20,23). The van der Waals surface area contributed by atoms with Crippen molar-refractivity contribution in [1.29, 1.82) is 0 Å². The van der Waals surface area contributed by atoms with Crippen molar-refractivity contribution in [3.63, 3.8) is 0 Å². The third kappa shape index (κ3) is 3.17. The summed E-state index contributed by atoms with van der Waals surface area (Å²) in [6.07, 6.45) is 4.30. The van der Waals surface area contributed by atoms with Crippen molar-refractivity contribution >= 4 is 39.5 Å². The van der Waals surface area contributed by atoms with Gasteiger partial charge in [0.1, 0.15) is 12.1 Å². The molecular weight excluding hydrogens is 386 g/mol. The Balaban J connectivity index is 1.72. The molecule has 1 aliphatic carbocycles. The van der Waals surface area contributed by atoms with E-state index in [-0.39, 0.29) is 24.4 Å². The number of urea groups is 1. The van der Waals surface area contributed by atoms with E-state index in [9.17, 15) is 14.4 Å². The van der Waals surface area contributed by atoms with E-state index in [1.165, 1.54) is 4.90 Å². The van der Waals surface area contributed by atoms with Gasteiger partial charge in [-0.15, -0.1) is 0 Å². The monoisotopic (exact) mass is 407 g/mol. The van der Waals surface area contributed by atoms with Gasteiger partial charge in [0.05, 0.1) is 5.69 Å². The van der Waals surface area contributed by atoms with Gasteiger partial charge in [0.25, 0.3) is 5.91 Å². The van der Waals surface area contributed by atoms with Gasteiger partial charge in [-0.1, -0.05) is 25.3 Å². The molecule has 2 fully saturated rings. The highest BCUT2D eigenvalue weighted by molar-refractivity contribution is 9.10. The summed E-state index contributed by atoms with van der Waals surface area (Å²) in [7, 11) is 1.67. The third-order valence-electron chi connectivity index (χ3n) is 5.18. The molecule has 1 saturated carbocycles. The van der Waals surface area contributed by atoms with Crippen molar-refractivity contribution in [3.8, 4) is 0 Å². The Kier molecular flexibility index (Phi) is 4.86. The van der Waals surface area contributed by atoms with Crippen LogP contribution in [0.5, 0.6) is 0 Å². The number of amides is 4. The van der Waals surface area contributed by atoms with Gasteiger partial charge >= 0.3 is 6.03 Å². The van der Waals surface area contributed by atoms with Gasteiger partial charge in [0.15, 0.2) is 0 Å². The number of halogens is 1. The minimum Gasteiger partial charge on any atom is -0.323 e. The summed E-state index contributed by atoms with van der Waals surface area (Å²) >= 11 is 3.41. The zero-order chi connectivity index (χ0) is 18.2. The van der Waals surface area contributed by atoms with Crippen LogP contribution in [0.1, 0.15) is 37.7 Å². The van der Waals surface area contributed by atoms with Gasteiger partial charge in [0, 0.05) is 11.5 Å². The predicted octanol–water partition coefficient (Wildman–Crippen LogP) is 3.29. The van der Waals surface area contributed by atoms with Crippen LogP contribution >= 0.6 is 15.9 Å². The first-order valence-electron chi connectivity index (χ1n) is 8.51. The van der Waals surface area contributed by atoms with Crippen LogP contribution in [-0.2, 0) is 9.59 Å². The molecule has 4 amide bonds. The molecule has 0 atom stereocenters. The van der Waals surface area contributed by atoms with Gasteiger partial charge < -0.3 is 10.2 Å². The molecule has 0 unspecified atom stereocenters. The molecule has 25 heavy (non-hydrogen) atoms. The topological polar surface area (TPSA) is 69.7 Å². The van der Waals surface area contributed by atoms with E-state index in [4.69, 9.17) is 0 Å². The van der Waals surface area contributed by atoms with Crippen molar-refractivity contribution in [1.82, 2.24) is 9.80 Å². The van der Waals surface area contributed by atoms with E-state index in [0.29, 0.717) is 18.5 Å². The van der Waals surface area contributed by atoms with Crippen LogP contribution in [0.4, 0.5) is 10.5 Å². The molecule has 1 aromatic carbocycles. The lowest BCUT2D eigenvalue weighted by Gasteiger charge is -2.35. The second kappa shape index (κ2) is 6.78. The number of nitrogens with one attached hydrogen (secondary N) is 1. The van der Waals surface area contributed by atoms with Crippen LogP contribution in [0.15, 0.2) is 22.7 Å². The van der Waals surface area contributed by atoms with Crippen LogP contribution < -0.4 is 5.32 Å². The van der Waals surface area contributed by atoms with Gasteiger partial charge in [-0.2, -0.15) is 0 Å². The lowest BCUT2D eigenvalue weighted by molar-refractivity contribution is -0.136. The first-order chi connectivity index (χ1) is 11.8. The molecule has 1 heterocycles. The van der Waals surface area contributed by atoms with Crippen LogP contribution in [0, 0.1) is 6.92 Å². The molecular formula is C18H22BrN3O3. The fourth-order valence-corrected chi connectivity index (χ4v) is 4.32. The molecule has 3 rings (SSSR count). The van der Waals surface area contributed by atoms with Crippen LogP contribution in [0.2, 0.25) is 0 Å². The fraction of sp³-hybridized carbons (Fsp3) is 0.500. The maximum absolute atomic E-state index is 12.9. The van der Waals surface area contributed by atoms with Crippen LogP contribution in [-0.4, -0.2) is 46.8 Å². The number of anilines is 1. The maximum atomic E-state index is 12.9. The highest BCUT2D eigenvalue weighted by atomic mass is 79.9. The second-order valence-corrected chi connectivity index (χ2v) is 7.71. The normalized spacial score (nSPS) is 19.6. The summed E-state index contributed by atoms with van der Waals surface area (Å²) in [5.74, 6) is -0.620. The second-order valence-electron chi connectivity index (χ2n) is 6.86. The number of benzene rings is 1. The number of likely N-dealkylation sites (N-methyl/N-ethyl adjacent to an activating group) is 1. The van der Waals surface area contributed by atoms with E-state index in [2.05, 4.69) is 21.2 Å². The summed E-state index contributed by atoms with van der Waals surface area (Å²) in [5.41, 5.74) is 0.936. The van der Waals surface area contributed by atoms with Crippen molar-refractivity contribution in [2.24, 2.45) is 0 Å². The Hall–Kier alpha value is -1.89. The van der Waals surface area contributed by atoms with Crippen molar-refractivity contribution < 1.29 is 14.4 Å². The fourth-order valence-electron chi connectivity index (χ4n) is 3.73. The number of hydrogen-bond donors (Lipinski definition) is 1. The third-order valence-corrected chi connectivity index (χ3v) is 5.84. The summed E-state index contributed by atoms with van der Waals surface area (Å²) < 4.78 is 0.765. The first kappa shape index (κ1) is 17.9. The molecule has 7 heteroatoms. The Bertz CT molecular complexity index is 728. The van der Waals surface area contributed by atoms with Gasteiger partial charge in [-0.25, -0.2) is 4.79 Å². The SMILES string of the molecule is Cc1ccc(NC(=O)CN2C(=O)N(C)C3(CCCCC3)C2=O)c(Br)c1. The van der Waals surface area contributed by atoms with Gasteiger partial charge in [-0.05, 0) is 53.4 Å². The Morgan fingerprint density at radius 2 is 1.92 bits per heavy atom. The number of aryl methyl sites for hydroxylation is 1. The molecule has 0 bridgehead atoms. The minimum absolute atomic E-state index is 0.238. The summed E-state index contributed by atoms with van der Waals surface area (Å²) in [4.78, 5) is 40.4. The van der Waals surface area contributed by atoms with Crippen LogP contribution in [0.3, 0.4) is 0 Å². The lowest BCUT2D eigenvalue weighted by atomic mass is 9.81. The number of carbonyl (C=O) groups is 3. The first-order valence-corrected chi connectivity index (χ1v) is 9.30. The van der Waals surface area contributed by atoms with Gasteiger partial charge in [-0.3, -0.25) is 14.5 Å². The lowest BCUT2D eigenvalue weighted by Crippen LogP contribution is -2.49. The molecule has 134 valence electrons. The molecule has 0 radical (unpaired) electrons. The largest absolute Gasteiger partial charge is 0.327 e. The smallest absolute Gasteiger partial charge is 0.323 e.